The van der Waals surface area contributed by atoms with Gasteiger partial charge in [0.05, 0.1) is 23.3 Å². The molecule has 0 saturated carbocycles. The number of aliphatic hydroxyl groups is 1. The fourth-order valence-electron chi connectivity index (χ4n) is 2.26. The van der Waals surface area contributed by atoms with Crippen LogP contribution in [-0.4, -0.2) is 33.3 Å². The lowest BCUT2D eigenvalue weighted by atomic mass is 10.0. The minimum Gasteiger partial charge on any atom is -0.463 e. The monoisotopic (exact) mass is 345 g/mol. The van der Waals surface area contributed by atoms with Gasteiger partial charge < -0.3 is 19.8 Å². The number of furan rings is 1. The molecular weight excluding hydrogens is 326 g/mol. The number of aromatic nitrogens is 2. The molecule has 0 aliphatic heterocycles. The first-order chi connectivity index (χ1) is 11.4. The van der Waals surface area contributed by atoms with E-state index in [0.29, 0.717) is 10.9 Å². The smallest absolute Gasteiger partial charge is 0.230 e. The summed E-state index contributed by atoms with van der Waals surface area (Å²) in [7, 11) is 0. The van der Waals surface area contributed by atoms with Gasteiger partial charge in [-0.05, 0) is 38.1 Å². The number of hydrogen-bond acceptors (Lipinski definition) is 5. The number of aryl methyl sites for hydroxylation is 1. The van der Waals surface area contributed by atoms with Crippen LogP contribution in [0.25, 0.3) is 11.0 Å². The third-order valence-electron chi connectivity index (χ3n) is 3.61. The molecule has 3 N–H and O–H groups in total. The molecule has 0 aliphatic carbocycles. The number of nitrogens with one attached hydrogen (secondary N) is 2. The van der Waals surface area contributed by atoms with Crippen LogP contribution in [0.3, 0.4) is 0 Å². The van der Waals surface area contributed by atoms with Crippen molar-refractivity contribution in [1.29, 1.82) is 0 Å². The standard InChI is InChI=1S/C17H19N3O3S/c1-11-7-8-14(23-11)17(2,22)10-18-15(21)9-24-16-19-12-5-3-4-6-13(12)20-16/h3-8,22H,9-10H2,1-2H3,(H,18,21)(H,19,20). The second-order valence-electron chi connectivity index (χ2n) is 5.81. The number of para-hydroxylation sites is 2. The second-order valence-corrected chi connectivity index (χ2v) is 6.77. The van der Waals surface area contributed by atoms with Gasteiger partial charge in [-0.3, -0.25) is 4.79 Å². The number of amides is 1. The summed E-state index contributed by atoms with van der Waals surface area (Å²) in [4.78, 5) is 19.6. The van der Waals surface area contributed by atoms with Crippen molar-refractivity contribution in [2.45, 2.75) is 24.6 Å². The van der Waals surface area contributed by atoms with Crippen molar-refractivity contribution in [3.05, 3.63) is 47.9 Å². The zero-order valence-electron chi connectivity index (χ0n) is 13.5. The first kappa shape index (κ1) is 16.6. The van der Waals surface area contributed by atoms with Crippen molar-refractivity contribution in [1.82, 2.24) is 15.3 Å². The molecule has 2 aromatic heterocycles. The van der Waals surface area contributed by atoms with Crippen LogP contribution in [0.1, 0.15) is 18.4 Å². The Morgan fingerprint density at radius 2 is 2.17 bits per heavy atom. The molecular formula is C17H19N3O3S. The molecule has 1 unspecified atom stereocenters. The molecule has 1 aromatic carbocycles. The zero-order chi connectivity index (χ0) is 17.2. The lowest BCUT2D eigenvalue weighted by Crippen LogP contribution is -2.39. The van der Waals surface area contributed by atoms with Gasteiger partial charge in [0.25, 0.3) is 0 Å². The van der Waals surface area contributed by atoms with Crippen molar-refractivity contribution in [3.8, 4) is 0 Å². The van der Waals surface area contributed by atoms with E-state index in [2.05, 4.69) is 15.3 Å². The highest BCUT2D eigenvalue weighted by Crippen LogP contribution is 2.22. The molecule has 0 radical (unpaired) electrons. The van der Waals surface area contributed by atoms with Gasteiger partial charge in [0, 0.05) is 0 Å². The molecule has 24 heavy (non-hydrogen) atoms. The topological polar surface area (TPSA) is 91.1 Å². The van der Waals surface area contributed by atoms with Gasteiger partial charge in [-0.1, -0.05) is 23.9 Å². The zero-order valence-corrected chi connectivity index (χ0v) is 14.3. The number of nitrogens with zero attached hydrogens (tertiary/aromatic N) is 1. The van der Waals surface area contributed by atoms with Crippen LogP contribution < -0.4 is 5.32 Å². The highest BCUT2D eigenvalue weighted by molar-refractivity contribution is 7.99. The second kappa shape index (κ2) is 6.70. The number of benzene rings is 1. The summed E-state index contributed by atoms with van der Waals surface area (Å²) in [5.74, 6) is 1.19. The fourth-order valence-corrected chi connectivity index (χ4v) is 2.98. The molecule has 3 aromatic rings. The molecule has 1 atom stereocenters. The molecule has 2 heterocycles. The van der Waals surface area contributed by atoms with Crippen molar-refractivity contribution in [2.24, 2.45) is 0 Å². The van der Waals surface area contributed by atoms with Gasteiger partial charge in [-0.2, -0.15) is 0 Å². The van der Waals surface area contributed by atoms with E-state index < -0.39 is 5.60 Å². The van der Waals surface area contributed by atoms with Crippen molar-refractivity contribution in [2.75, 3.05) is 12.3 Å². The van der Waals surface area contributed by atoms with Crippen LogP contribution in [-0.2, 0) is 10.4 Å². The molecule has 0 saturated heterocycles. The number of aromatic amines is 1. The van der Waals surface area contributed by atoms with Crippen LogP contribution in [0.15, 0.2) is 46.0 Å². The van der Waals surface area contributed by atoms with Gasteiger partial charge in [0.15, 0.2) is 5.16 Å². The Bertz CT molecular complexity index is 821. The number of carbonyl (C=O) groups excluding carboxylic acids is 1. The van der Waals surface area contributed by atoms with Gasteiger partial charge in [0.1, 0.15) is 17.1 Å². The third-order valence-corrected chi connectivity index (χ3v) is 4.48. The predicted molar refractivity (Wildman–Crippen MR) is 92.8 cm³/mol. The number of rotatable bonds is 6. The molecule has 1 amide bonds. The summed E-state index contributed by atoms with van der Waals surface area (Å²) in [5.41, 5.74) is 0.571. The molecule has 0 bridgehead atoms. The van der Waals surface area contributed by atoms with E-state index >= 15 is 0 Å². The van der Waals surface area contributed by atoms with E-state index in [1.165, 1.54) is 11.8 Å². The van der Waals surface area contributed by atoms with E-state index in [0.717, 1.165) is 16.8 Å². The lowest BCUT2D eigenvalue weighted by Gasteiger charge is -2.21. The van der Waals surface area contributed by atoms with Crippen LogP contribution in [0, 0.1) is 6.92 Å². The first-order valence-corrected chi connectivity index (χ1v) is 8.56. The minimum absolute atomic E-state index is 0.0828. The van der Waals surface area contributed by atoms with Gasteiger partial charge in [-0.15, -0.1) is 0 Å². The molecule has 7 heteroatoms. The highest BCUT2D eigenvalue weighted by Gasteiger charge is 2.27. The average molecular weight is 345 g/mol. The number of H-pyrrole nitrogens is 1. The van der Waals surface area contributed by atoms with Crippen LogP contribution >= 0.6 is 11.8 Å². The maximum atomic E-state index is 12.0. The summed E-state index contributed by atoms with van der Waals surface area (Å²) in [6.45, 7) is 3.50. The minimum atomic E-state index is -1.24. The number of fused-ring (bicyclic) bond motifs is 1. The molecule has 0 aliphatic rings. The molecule has 126 valence electrons. The molecule has 0 fully saturated rings. The van der Waals surface area contributed by atoms with Gasteiger partial charge >= 0.3 is 0 Å². The van der Waals surface area contributed by atoms with Gasteiger partial charge in [0.2, 0.25) is 5.91 Å². The number of hydrogen-bond donors (Lipinski definition) is 3. The molecule has 3 rings (SSSR count). The third kappa shape index (κ3) is 3.80. The fraction of sp³-hybridized carbons (Fsp3) is 0.294. The summed E-state index contributed by atoms with van der Waals surface area (Å²) < 4.78 is 5.42. The Labute approximate surface area is 143 Å². The van der Waals surface area contributed by atoms with Crippen molar-refractivity contribution < 1.29 is 14.3 Å². The molecule has 0 spiro atoms. The van der Waals surface area contributed by atoms with E-state index in [1.54, 1.807) is 19.1 Å². The van der Waals surface area contributed by atoms with E-state index in [-0.39, 0.29) is 18.2 Å². The summed E-state index contributed by atoms with van der Waals surface area (Å²) in [6.07, 6.45) is 0. The maximum absolute atomic E-state index is 12.0. The Hall–Kier alpha value is -2.25. The average Bonchev–Trinajstić information content (AvgIpc) is 3.17. The predicted octanol–water partition coefficient (Wildman–Crippen LogP) is 2.58. The van der Waals surface area contributed by atoms with Crippen LogP contribution in [0.4, 0.5) is 0 Å². The normalized spacial score (nSPS) is 13.8. The number of carbonyl (C=O) groups is 1. The maximum Gasteiger partial charge on any atom is 0.230 e. The summed E-state index contributed by atoms with van der Waals surface area (Å²) >= 11 is 1.32. The van der Waals surface area contributed by atoms with Crippen LogP contribution in [0.2, 0.25) is 0 Å². The largest absolute Gasteiger partial charge is 0.463 e. The quantitative estimate of drug-likeness (QED) is 0.597. The van der Waals surface area contributed by atoms with Gasteiger partial charge in [-0.25, -0.2) is 4.98 Å². The Balaban J connectivity index is 1.52. The Morgan fingerprint density at radius 1 is 1.38 bits per heavy atom. The summed E-state index contributed by atoms with van der Waals surface area (Å²) in [5, 5.41) is 13.8. The number of imidazole rings is 1. The lowest BCUT2D eigenvalue weighted by molar-refractivity contribution is -0.119. The molecule has 6 nitrogen and oxygen atoms in total. The van der Waals surface area contributed by atoms with Crippen LogP contribution in [0.5, 0.6) is 0 Å². The van der Waals surface area contributed by atoms with E-state index in [9.17, 15) is 9.90 Å². The summed E-state index contributed by atoms with van der Waals surface area (Å²) in [6, 6.07) is 11.2. The Kier molecular flexibility index (Phi) is 4.64. The van der Waals surface area contributed by atoms with E-state index in [1.807, 2.05) is 31.2 Å². The SMILES string of the molecule is Cc1ccc(C(C)(O)CNC(=O)CSc2nc3ccccc3[nH]2)o1. The van der Waals surface area contributed by atoms with Crippen molar-refractivity contribution in [3.63, 3.8) is 0 Å². The van der Waals surface area contributed by atoms with E-state index in [4.69, 9.17) is 4.42 Å². The Morgan fingerprint density at radius 3 is 2.88 bits per heavy atom. The number of thioether (sulfide) groups is 1. The first-order valence-electron chi connectivity index (χ1n) is 7.57. The van der Waals surface area contributed by atoms with Crippen molar-refractivity contribution >= 4 is 28.7 Å². The highest BCUT2D eigenvalue weighted by atomic mass is 32.2.